The number of nitrogens with zero attached hydrogens (tertiary/aromatic N) is 1. The van der Waals surface area contributed by atoms with E-state index in [2.05, 4.69) is 22.0 Å². The normalized spacial score (nSPS) is 21.3. The summed E-state index contributed by atoms with van der Waals surface area (Å²) in [5, 5.41) is 19.7. The first-order valence-electron chi connectivity index (χ1n) is 17.4. The molecular weight excluding hydrogens is 816 g/mol. The maximum Gasteiger partial charge on any atom is 0.410 e. The van der Waals surface area contributed by atoms with E-state index in [9.17, 15) is 19.6 Å². The highest BCUT2D eigenvalue weighted by Crippen LogP contribution is 2.53. The molecule has 0 aliphatic carbocycles. The molecule has 11 nitrogen and oxygen atoms in total. The second-order valence-electron chi connectivity index (χ2n) is 14.5. The Kier molecular flexibility index (Phi) is 16.2. The van der Waals surface area contributed by atoms with Gasteiger partial charge < -0.3 is 34.9 Å². The van der Waals surface area contributed by atoms with E-state index in [1.807, 2.05) is 20.8 Å². The van der Waals surface area contributed by atoms with E-state index >= 15 is 8.78 Å². The van der Waals surface area contributed by atoms with Crippen LogP contribution in [0.15, 0.2) is 54.6 Å². The molecule has 5 atom stereocenters. The minimum Gasteiger partial charge on any atom is -0.495 e. The van der Waals surface area contributed by atoms with E-state index in [0.717, 1.165) is 6.07 Å². The molecule has 3 N–H and O–H groups in total. The number of carbonyl (C=O) groups is 3. The van der Waals surface area contributed by atoms with Gasteiger partial charge in [0.2, 0.25) is 12.2 Å². The van der Waals surface area contributed by atoms with Gasteiger partial charge in [-0.05, 0) is 66.6 Å². The quantitative estimate of drug-likeness (QED) is 0.135. The summed E-state index contributed by atoms with van der Waals surface area (Å²) < 4.78 is 53.3. The number of nitriles is 1. The molecule has 0 spiro atoms. The minimum atomic E-state index is -1.83. The van der Waals surface area contributed by atoms with Crippen LogP contribution < -0.4 is 20.7 Å². The van der Waals surface area contributed by atoms with Gasteiger partial charge in [0.1, 0.15) is 22.8 Å². The largest absolute Gasteiger partial charge is 0.495 e. The topological polar surface area (TPSA) is 148 Å². The minimum absolute atomic E-state index is 0. The summed E-state index contributed by atoms with van der Waals surface area (Å²) in [7, 11) is 1.33. The zero-order valence-electron chi connectivity index (χ0n) is 31.3. The van der Waals surface area contributed by atoms with Crippen molar-refractivity contribution in [3.8, 4) is 11.8 Å². The molecule has 2 aliphatic rings. The van der Waals surface area contributed by atoms with Gasteiger partial charge in [-0.25, -0.2) is 18.4 Å². The maximum atomic E-state index is 16.0. The fourth-order valence-electron chi connectivity index (χ4n) is 7.12. The number of hydrogen-bond donors (Lipinski definition) is 3. The van der Waals surface area contributed by atoms with Crippen molar-refractivity contribution in [2.45, 2.75) is 82.7 Å². The lowest BCUT2D eigenvalue weighted by molar-refractivity contribution is -0.118. The van der Waals surface area contributed by atoms with Gasteiger partial charge in [-0.15, -0.1) is 24.8 Å². The number of methoxy groups -OCH3 is 1. The van der Waals surface area contributed by atoms with E-state index in [-0.39, 0.29) is 75.4 Å². The van der Waals surface area contributed by atoms with E-state index in [1.165, 1.54) is 62.6 Å². The lowest BCUT2D eigenvalue weighted by Gasteiger charge is -2.37. The highest BCUT2D eigenvalue weighted by Gasteiger charge is 2.61. The lowest BCUT2D eigenvalue weighted by atomic mass is 9.62. The molecule has 0 bridgehead atoms. The monoisotopic (exact) mass is 858 g/mol. The summed E-state index contributed by atoms with van der Waals surface area (Å²) in [5.41, 5.74) is -2.23. The van der Waals surface area contributed by atoms with Crippen molar-refractivity contribution in [2.75, 3.05) is 25.6 Å². The van der Waals surface area contributed by atoms with Gasteiger partial charge >= 0.3 is 12.1 Å². The third kappa shape index (κ3) is 10.3. The molecule has 304 valence electrons. The molecule has 0 saturated carbocycles. The standard InChI is InChI=1S/C39H42Cl2F2N4O7.2ClH/c1-21(54-37(50)45-24-13-15-52-16-14-24)53-36(49)22-9-12-29(30(17-22)51-5)46-35(48)34-32(25-7-6-8-27(41)33(25)43)39(20-44,31(47-34)19-38(2,3)4)26-11-10-23(40)18-28(26)42;;/h6-12,17-18,21,24,31-32,34,47H,13-16,19H2,1-5H3,(H,45,50)(H,46,48);2*1H/t21?,31-,32-,34+,39-;;/m0../s1. The highest BCUT2D eigenvalue weighted by molar-refractivity contribution is 6.31. The molecule has 2 amide bonds. The molecule has 5 rings (SSSR count). The van der Waals surface area contributed by atoms with Gasteiger partial charge in [0.15, 0.2) is 0 Å². The Morgan fingerprint density at radius 3 is 2.38 bits per heavy atom. The van der Waals surface area contributed by atoms with Gasteiger partial charge in [0.05, 0.1) is 35.5 Å². The first-order valence-corrected chi connectivity index (χ1v) is 18.1. The Morgan fingerprint density at radius 2 is 1.75 bits per heavy atom. The van der Waals surface area contributed by atoms with Crippen molar-refractivity contribution in [2.24, 2.45) is 5.41 Å². The zero-order valence-corrected chi connectivity index (χ0v) is 34.4. The smallest absolute Gasteiger partial charge is 0.410 e. The number of nitrogens with one attached hydrogen (secondary N) is 3. The van der Waals surface area contributed by atoms with E-state index in [1.54, 1.807) is 0 Å². The SMILES string of the molecule is COc1cc(C(=O)OC(C)OC(=O)NC2CCOCC2)ccc1NC(=O)[C@@H]1N[C@@H](CC(C)(C)C)[C@](C#N)(c2ccc(Cl)cc2F)[C@H]1c1cccc(Cl)c1F.Cl.Cl. The van der Waals surface area contributed by atoms with Gasteiger partial charge in [0.25, 0.3) is 0 Å². The molecule has 3 aromatic rings. The van der Waals surface area contributed by atoms with Gasteiger partial charge in [-0.2, -0.15) is 5.26 Å². The number of esters is 1. The van der Waals surface area contributed by atoms with Crippen LogP contribution in [0.1, 0.15) is 74.4 Å². The zero-order chi connectivity index (χ0) is 39.4. The molecular formula is C39H44Cl4F2N4O7. The van der Waals surface area contributed by atoms with Crippen LogP contribution >= 0.6 is 48.0 Å². The number of amides is 2. The van der Waals surface area contributed by atoms with Crippen LogP contribution in [-0.2, 0) is 24.4 Å². The first kappa shape index (κ1) is 46.5. The van der Waals surface area contributed by atoms with Gasteiger partial charge in [-0.3, -0.25) is 4.79 Å². The average Bonchev–Trinajstić information content (AvgIpc) is 3.42. The fourth-order valence-corrected chi connectivity index (χ4v) is 7.47. The summed E-state index contributed by atoms with van der Waals surface area (Å²) in [6.07, 6.45) is -0.410. The van der Waals surface area contributed by atoms with E-state index in [0.29, 0.717) is 26.1 Å². The maximum absolute atomic E-state index is 16.0. The number of alkyl carbamates (subject to hydrolysis) is 1. The molecule has 0 radical (unpaired) electrons. The summed E-state index contributed by atoms with van der Waals surface area (Å²) in [6, 6.07) is 12.3. The summed E-state index contributed by atoms with van der Waals surface area (Å²) >= 11 is 12.4. The van der Waals surface area contributed by atoms with Crippen LogP contribution in [0.4, 0.5) is 19.3 Å². The van der Waals surface area contributed by atoms with Crippen LogP contribution in [0.3, 0.4) is 0 Å². The molecule has 1 unspecified atom stereocenters. The molecule has 2 saturated heterocycles. The first-order chi connectivity index (χ1) is 25.6. The van der Waals surface area contributed by atoms with Gasteiger partial charge in [0, 0.05) is 48.7 Å². The predicted octanol–water partition coefficient (Wildman–Crippen LogP) is 8.49. The number of carbonyl (C=O) groups excluding carboxylic acids is 3. The number of rotatable bonds is 10. The Balaban J connectivity index is 0.00000420. The lowest BCUT2D eigenvalue weighted by Crippen LogP contribution is -2.45. The van der Waals surface area contributed by atoms with Crippen LogP contribution in [0.2, 0.25) is 10.0 Å². The summed E-state index contributed by atoms with van der Waals surface area (Å²) in [4.78, 5) is 39.7. The molecule has 17 heteroatoms. The molecule has 0 aromatic heterocycles. The summed E-state index contributed by atoms with van der Waals surface area (Å²) in [6.45, 7) is 8.24. The van der Waals surface area contributed by atoms with Crippen molar-refractivity contribution in [3.63, 3.8) is 0 Å². The summed E-state index contributed by atoms with van der Waals surface area (Å²) in [5.74, 6) is -4.41. The Hall–Kier alpha value is -3.90. The number of hydrogen-bond acceptors (Lipinski definition) is 9. The van der Waals surface area contributed by atoms with E-state index in [4.69, 9.17) is 42.1 Å². The van der Waals surface area contributed by atoms with Crippen molar-refractivity contribution in [3.05, 3.63) is 93.0 Å². The Morgan fingerprint density at radius 1 is 1.05 bits per heavy atom. The molecule has 2 heterocycles. The molecule has 2 aliphatic heterocycles. The average molecular weight is 861 g/mol. The number of anilines is 1. The highest BCUT2D eigenvalue weighted by atomic mass is 35.5. The van der Waals surface area contributed by atoms with Crippen LogP contribution in [0.25, 0.3) is 0 Å². The predicted molar refractivity (Wildman–Crippen MR) is 212 cm³/mol. The number of ether oxygens (including phenoxy) is 4. The Bertz CT molecular complexity index is 1940. The second kappa shape index (κ2) is 19.5. The van der Waals surface area contributed by atoms with Crippen molar-refractivity contribution >= 4 is 71.7 Å². The fraction of sp³-hybridized carbons (Fsp3) is 0.436. The molecule has 2 fully saturated rings. The Labute approximate surface area is 346 Å². The van der Waals surface area contributed by atoms with E-state index < -0.39 is 64.7 Å². The second-order valence-corrected chi connectivity index (χ2v) is 15.3. The third-order valence-electron chi connectivity index (χ3n) is 9.52. The van der Waals surface area contributed by atoms with Gasteiger partial charge in [-0.1, -0.05) is 62.2 Å². The number of benzene rings is 3. The van der Waals surface area contributed by atoms with Crippen molar-refractivity contribution < 1.29 is 42.1 Å². The van der Waals surface area contributed by atoms with Crippen LogP contribution in [0.5, 0.6) is 5.75 Å². The van der Waals surface area contributed by atoms with Crippen molar-refractivity contribution in [1.29, 1.82) is 5.26 Å². The number of halogens is 6. The molecule has 3 aromatic carbocycles. The van der Waals surface area contributed by atoms with Crippen molar-refractivity contribution in [1.82, 2.24) is 10.6 Å². The van der Waals surface area contributed by atoms with Crippen LogP contribution in [0, 0.1) is 28.4 Å². The molecule has 56 heavy (non-hydrogen) atoms. The van der Waals surface area contributed by atoms with Crippen LogP contribution in [-0.4, -0.2) is 62.7 Å². The third-order valence-corrected chi connectivity index (χ3v) is 10.0.